The van der Waals surface area contributed by atoms with Gasteiger partial charge in [-0.05, 0) is 24.1 Å². The van der Waals surface area contributed by atoms with Gasteiger partial charge < -0.3 is 15.2 Å². The van der Waals surface area contributed by atoms with Crippen LogP contribution < -0.4 is 15.4 Å². The number of ether oxygens (including phenoxy) is 2. The molecular formula is C24H23N3O4. The Hall–Kier alpha value is -3.87. The van der Waals surface area contributed by atoms with Crippen molar-refractivity contribution in [1.29, 1.82) is 0 Å². The third-order valence-corrected chi connectivity index (χ3v) is 5.09. The number of nitrogens with zero attached hydrogens (tertiary/aromatic N) is 2. The van der Waals surface area contributed by atoms with Crippen LogP contribution >= 0.6 is 0 Å². The summed E-state index contributed by atoms with van der Waals surface area (Å²) in [4.78, 5) is 32.2. The fourth-order valence-corrected chi connectivity index (χ4v) is 3.54. The van der Waals surface area contributed by atoms with E-state index in [9.17, 15) is 9.59 Å². The first-order chi connectivity index (χ1) is 15.1. The van der Waals surface area contributed by atoms with Gasteiger partial charge in [0, 0.05) is 5.56 Å². The van der Waals surface area contributed by atoms with Crippen molar-refractivity contribution in [2.24, 2.45) is 0 Å². The zero-order valence-corrected chi connectivity index (χ0v) is 17.1. The minimum Gasteiger partial charge on any atom is -0.472 e. The number of benzene rings is 2. The topological polar surface area (TPSA) is 94.8 Å². The lowest BCUT2D eigenvalue weighted by Gasteiger charge is -2.37. The van der Waals surface area contributed by atoms with Gasteiger partial charge in [0.2, 0.25) is 6.10 Å². The minimum atomic E-state index is -0.893. The van der Waals surface area contributed by atoms with Crippen molar-refractivity contribution in [3.8, 4) is 5.75 Å². The molecule has 7 nitrogen and oxygen atoms in total. The van der Waals surface area contributed by atoms with Gasteiger partial charge in [-0.1, -0.05) is 67.6 Å². The van der Waals surface area contributed by atoms with Crippen molar-refractivity contribution in [3.05, 3.63) is 83.9 Å². The summed E-state index contributed by atoms with van der Waals surface area (Å²) in [5, 5.41) is 0. The number of hydrogen-bond acceptors (Lipinski definition) is 6. The van der Waals surface area contributed by atoms with E-state index in [0.717, 1.165) is 5.56 Å². The molecule has 0 bridgehead atoms. The lowest BCUT2D eigenvalue weighted by molar-refractivity contribution is -0.148. The Kier molecular flexibility index (Phi) is 5.84. The average Bonchev–Trinajstić information content (AvgIpc) is 2.80. The van der Waals surface area contributed by atoms with E-state index < -0.39 is 18.1 Å². The second-order valence-electron chi connectivity index (χ2n) is 7.19. The van der Waals surface area contributed by atoms with E-state index >= 15 is 0 Å². The number of nitrogen functional groups attached to an aromatic ring is 1. The maximum atomic E-state index is 13.5. The predicted octanol–water partition coefficient (Wildman–Crippen LogP) is 3.65. The lowest BCUT2D eigenvalue weighted by Crippen LogP contribution is -2.51. The zero-order valence-electron chi connectivity index (χ0n) is 17.1. The highest BCUT2D eigenvalue weighted by Crippen LogP contribution is 2.39. The molecule has 7 heteroatoms. The number of hydrogen-bond donors (Lipinski definition) is 1. The summed E-state index contributed by atoms with van der Waals surface area (Å²) in [5.41, 5.74) is 7.42. The van der Waals surface area contributed by atoms with Crippen molar-refractivity contribution in [3.63, 3.8) is 0 Å². The molecule has 0 aliphatic carbocycles. The standard InChI is InChI=1S/C24H23N3O4/c1-2-18(24(29)30-15-16-9-5-3-6-10-16)27-22-19(13-14-20(25)26-22)31-21(23(27)28)17-11-7-4-8-12-17/h3-14,18,21H,2,15H2,1H3,(H2,25,26). The van der Waals surface area contributed by atoms with Crippen LogP contribution in [-0.2, 0) is 20.9 Å². The number of aromatic nitrogens is 1. The highest BCUT2D eigenvalue weighted by Gasteiger charge is 2.42. The van der Waals surface area contributed by atoms with Gasteiger partial charge in [0.15, 0.2) is 11.6 Å². The molecular weight excluding hydrogens is 394 g/mol. The Labute approximate surface area is 180 Å². The van der Waals surface area contributed by atoms with E-state index in [4.69, 9.17) is 15.2 Å². The van der Waals surface area contributed by atoms with E-state index in [1.165, 1.54) is 4.90 Å². The molecule has 1 amide bonds. The number of anilines is 2. The molecule has 4 rings (SSSR count). The highest BCUT2D eigenvalue weighted by atomic mass is 16.5. The summed E-state index contributed by atoms with van der Waals surface area (Å²) in [6, 6.07) is 20.9. The van der Waals surface area contributed by atoms with Gasteiger partial charge in [0.05, 0.1) is 0 Å². The Morgan fingerprint density at radius 1 is 1.10 bits per heavy atom. The number of pyridine rings is 1. The summed E-state index contributed by atoms with van der Waals surface area (Å²) in [6.07, 6.45) is -0.549. The Morgan fingerprint density at radius 2 is 1.77 bits per heavy atom. The molecule has 158 valence electrons. The first-order valence-corrected chi connectivity index (χ1v) is 10.1. The number of carbonyl (C=O) groups excluding carboxylic acids is 2. The third-order valence-electron chi connectivity index (χ3n) is 5.09. The molecule has 0 saturated carbocycles. The molecule has 2 atom stereocenters. The lowest BCUT2D eigenvalue weighted by atomic mass is 10.0. The van der Waals surface area contributed by atoms with Crippen LogP contribution in [0.15, 0.2) is 72.8 Å². The van der Waals surface area contributed by atoms with E-state index in [-0.39, 0.29) is 24.1 Å². The van der Waals surface area contributed by atoms with Crippen LogP contribution in [0.2, 0.25) is 0 Å². The minimum absolute atomic E-state index is 0.119. The van der Waals surface area contributed by atoms with Gasteiger partial charge in [-0.3, -0.25) is 9.69 Å². The van der Waals surface area contributed by atoms with E-state index in [1.54, 1.807) is 12.1 Å². The first-order valence-electron chi connectivity index (χ1n) is 10.1. The number of nitrogens with two attached hydrogens (primary N) is 1. The highest BCUT2D eigenvalue weighted by molar-refractivity contribution is 6.04. The Balaban J connectivity index is 1.66. The van der Waals surface area contributed by atoms with Crippen LogP contribution in [-0.4, -0.2) is 22.9 Å². The van der Waals surface area contributed by atoms with Gasteiger partial charge in [-0.25, -0.2) is 9.78 Å². The Morgan fingerprint density at radius 3 is 2.45 bits per heavy atom. The van der Waals surface area contributed by atoms with Crippen LogP contribution in [0.1, 0.15) is 30.6 Å². The van der Waals surface area contributed by atoms with Crippen LogP contribution in [0.5, 0.6) is 5.75 Å². The number of fused-ring (bicyclic) bond motifs is 1. The molecule has 1 aliphatic rings. The van der Waals surface area contributed by atoms with Crippen molar-refractivity contribution < 1.29 is 19.1 Å². The summed E-state index contributed by atoms with van der Waals surface area (Å²) < 4.78 is 11.5. The molecule has 2 N–H and O–H groups in total. The normalized spacial score (nSPS) is 16.2. The van der Waals surface area contributed by atoms with E-state index in [0.29, 0.717) is 17.7 Å². The second kappa shape index (κ2) is 8.87. The van der Waals surface area contributed by atoms with Crippen molar-refractivity contribution in [2.45, 2.75) is 32.1 Å². The molecule has 1 aromatic heterocycles. The fraction of sp³-hybridized carbons (Fsp3) is 0.208. The van der Waals surface area contributed by atoms with Gasteiger partial charge >= 0.3 is 5.97 Å². The molecule has 2 unspecified atom stereocenters. The molecule has 0 fully saturated rings. The van der Waals surface area contributed by atoms with Gasteiger partial charge in [0.1, 0.15) is 18.5 Å². The maximum absolute atomic E-state index is 13.5. The zero-order chi connectivity index (χ0) is 21.8. The molecule has 2 aromatic carbocycles. The summed E-state index contributed by atoms with van der Waals surface area (Å²) in [7, 11) is 0. The van der Waals surface area contributed by atoms with Gasteiger partial charge in [-0.15, -0.1) is 0 Å². The maximum Gasteiger partial charge on any atom is 0.329 e. The third kappa shape index (κ3) is 4.21. The number of amides is 1. The van der Waals surface area contributed by atoms with Crippen LogP contribution in [0.4, 0.5) is 11.6 Å². The number of carbonyl (C=O) groups is 2. The molecule has 0 radical (unpaired) electrons. The monoisotopic (exact) mass is 417 g/mol. The molecule has 1 aliphatic heterocycles. The fourth-order valence-electron chi connectivity index (χ4n) is 3.54. The summed E-state index contributed by atoms with van der Waals surface area (Å²) in [5.74, 6) is -0.0626. The van der Waals surface area contributed by atoms with E-state index in [2.05, 4.69) is 4.98 Å². The average molecular weight is 417 g/mol. The first kappa shape index (κ1) is 20.4. The molecule has 31 heavy (non-hydrogen) atoms. The smallest absolute Gasteiger partial charge is 0.329 e. The molecule has 0 spiro atoms. The van der Waals surface area contributed by atoms with Crippen LogP contribution in [0.25, 0.3) is 0 Å². The molecule has 2 heterocycles. The van der Waals surface area contributed by atoms with Crippen molar-refractivity contribution in [2.75, 3.05) is 10.6 Å². The van der Waals surface area contributed by atoms with Gasteiger partial charge in [0.25, 0.3) is 5.91 Å². The quantitative estimate of drug-likeness (QED) is 0.615. The largest absolute Gasteiger partial charge is 0.472 e. The summed E-state index contributed by atoms with van der Waals surface area (Å²) in [6.45, 7) is 1.94. The van der Waals surface area contributed by atoms with E-state index in [1.807, 2.05) is 67.6 Å². The SMILES string of the molecule is CCC(C(=O)OCc1ccccc1)N1C(=O)C(c2ccccc2)Oc2ccc(N)nc21. The number of esters is 1. The summed E-state index contributed by atoms with van der Waals surface area (Å²) >= 11 is 0. The predicted molar refractivity (Wildman–Crippen MR) is 116 cm³/mol. The van der Waals surface area contributed by atoms with Crippen LogP contribution in [0.3, 0.4) is 0 Å². The second-order valence-corrected chi connectivity index (χ2v) is 7.19. The number of rotatable bonds is 6. The molecule has 0 saturated heterocycles. The van der Waals surface area contributed by atoms with Crippen molar-refractivity contribution in [1.82, 2.24) is 4.98 Å². The van der Waals surface area contributed by atoms with Crippen molar-refractivity contribution >= 4 is 23.5 Å². The molecule has 3 aromatic rings. The van der Waals surface area contributed by atoms with Crippen LogP contribution in [0, 0.1) is 0 Å². The Bertz CT molecular complexity index is 1070. The van der Waals surface area contributed by atoms with Gasteiger partial charge in [-0.2, -0.15) is 0 Å².